The third-order valence-electron chi connectivity index (χ3n) is 5.92. The molecule has 1 rings (SSSR count). The van der Waals surface area contributed by atoms with Gasteiger partial charge in [0, 0.05) is 5.56 Å². The SMILES string of the molecule is CCCCCCCCCCCCCC[N+](C)(C)C(C)c1ccccc1. The number of unbranched alkanes of at least 4 members (excludes halogenated alkanes) is 11. The van der Waals surface area contributed by atoms with Crippen LogP contribution in [0.15, 0.2) is 30.3 Å². The first kappa shape index (κ1) is 22.2. The van der Waals surface area contributed by atoms with E-state index in [4.69, 9.17) is 0 Å². The molecule has 1 atom stereocenters. The van der Waals surface area contributed by atoms with Crippen LogP contribution in [0.1, 0.15) is 103 Å². The van der Waals surface area contributed by atoms with E-state index < -0.39 is 0 Å². The summed E-state index contributed by atoms with van der Waals surface area (Å²) in [5.41, 5.74) is 1.46. The molecule has 0 fully saturated rings. The lowest BCUT2D eigenvalue weighted by atomic mass is 10.0. The normalized spacial score (nSPS) is 13.1. The van der Waals surface area contributed by atoms with Crippen LogP contribution >= 0.6 is 0 Å². The molecule has 25 heavy (non-hydrogen) atoms. The first-order valence-corrected chi connectivity index (χ1v) is 11.0. The van der Waals surface area contributed by atoms with Crippen molar-refractivity contribution in [2.45, 2.75) is 96.9 Å². The minimum atomic E-state index is 0.578. The number of quaternary nitrogens is 1. The van der Waals surface area contributed by atoms with Gasteiger partial charge in [0.15, 0.2) is 0 Å². The predicted molar refractivity (Wildman–Crippen MR) is 113 cm³/mol. The molecule has 1 heteroatoms. The van der Waals surface area contributed by atoms with Crippen LogP contribution in [-0.2, 0) is 0 Å². The van der Waals surface area contributed by atoms with Gasteiger partial charge in [0.25, 0.3) is 0 Å². The van der Waals surface area contributed by atoms with Crippen LogP contribution in [-0.4, -0.2) is 25.1 Å². The minimum absolute atomic E-state index is 0.578. The highest BCUT2D eigenvalue weighted by molar-refractivity contribution is 5.16. The first-order chi connectivity index (χ1) is 12.1. The maximum atomic E-state index is 2.39. The average Bonchev–Trinajstić information content (AvgIpc) is 2.62. The number of hydrogen-bond acceptors (Lipinski definition) is 0. The Morgan fingerprint density at radius 2 is 1.12 bits per heavy atom. The summed E-state index contributed by atoms with van der Waals surface area (Å²) in [7, 11) is 4.77. The van der Waals surface area contributed by atoms with Crippen molar-refractivity contribution in [1.29, 1.82) is 0 Å². The quantitative estimate of drug-likeness (QED) is 0.227. The Kier molecular flexibility index (Phi) is 11.9. The van der Waals surface area contributed by atoms with E-state index in [9.17, 15) is 0 Å². The van der Waals surface area contributed by atoms with Gasteiger partial charge < -0.3 is 4.48 Å². The van der Waals surface area contributed by atoms with Gasteiger partial charge in [-0.25, -0.2) is 0 Å². The summed E-state index contributed by atoms with van der Waals surface area (Å²) in [6, 6.07) is 11.6. The largest absolute Gasteiger partial charge is 0.323 e. The number of rotatable bonds is 15. The van der Waals surface area contributed by atoms with Crippen molar-refractivity contribution in [2.75, 3.05) is 20.6 Å². The maximum absolute atomic E-state index is 2.39. The van der Waals surface area contributed by atoms with Crippen molar-refractivity contribution in [2.24, 2.45) is 0 Å². The highest BCUT2D eigenvalue weighted by Gasteiger charge is 2.24. The summed E-state index contributed by atoms with van der Waals surface area (Å²) >= 11 is 0. The summed E-state index contributed by atoms with van der Waals surface area (Å²) in [5, 5.41) is 0. The molecular formula is C24H44N+. The third-order valence-corrected chi connectivity index (χ3v) is 5.92. The van der Waals surface area contributed by atoms with E-state index in [0.29, 0.717) is 6.04 Å². The minimum Gasteiger partial charge on any atom is -0.323 e. The van der Waals surface area contributed by atoms with E-state index >= 15 is 0 Å². The second-order valence-corrected chi connectivity index (χ2v) is 8.48. The molecule has 0 N–H and O–H groups in total. The van der Waals surface area contributed by atoms with Crippen LogP contribution in [0.2, 0.25) is 0 Å². The molecule has 1 unspecified atom stereocenters. The zero-order valence-corrected chi connectivity index (χ0v) is 17.6. The van der Waals surface area contributed by atoms with Gasteiger partial charge in [0.2, 0.25) is 0 Å². The van der Waals surface area contributed by atoms with Gasteiger partial charge >= 0.3 is 0 Å². The molecule has 1 nitrogen and oxygen atoms in total. The summed E-state index contributed by atoms with van der Waals surface area (Å²) in [4.78, 5) is 0. The molecular weight excluding hydrogens is 302 g/mol. The smallest absolute Gasteiger partial charge is 0.111 e. The lowest BCUT2D eigenvalue weighted by Gasteiger charge is -2.36. The maximum Gasteiger partial charge on any atom is 0.111 e. The first-order valence-electron chi connectivity index (χ1n) is 11.0. The molecule has 0 aliphatic heterocycles. The Balaban J connectivity index is 2.01. The fourth-order valence-electron chi connectivity index (χ4n) is 3.69. The molecule has 0 saturated carbocycles. The number of hydrogen-bond donors (Lipinski definition) is 0. The van der Waals surface area contributed by atoms with Gasteiger partial charge in [-0.2, -0.15) is 0 Å². The molecule has 0 aromatic heterocycles. The van der Waals surface area contributed by atoms with E-state index in [1.165, 1.54) is 89.2 Å². The number of nitrogens with zero attached hydrogens (tertiary/aromatic N) is 1. The molecule has 1 aromatic carbocycles. The molecule has 1 aromatic rings. The third kappa shape index (κ3) is 10.0. The molecule has 0 spiro atoms. The summed E-state index contributed by atoms with van der Waals surface area (Å²) in [6.45, 7) is 5.95. The van der Waals surface area contributed by atoms with Crippen LogP contribution in [0.3, 0.4) is 0 Å². The molecule has 0 heterocycles. The second-order valence-electron chi connectivity index (χ2n) is 8.48. The molecule has 0 aliphatic carbocycles. The van der Waals surface area contributed by atoms with Gasteiger partial charge in [-0.1, -0.05) is 101 Å². The van der Waals surface area contributed by atoms with Crippen molar-refractivity contribution in [3.63, 3.8) is 0 Å². The molecule has 0 bridgehead atoms. The molecule has 0 aliphatic rings. The monoisotopic (exact) mass is 346 g/mol. The summed E-state index contributed by atoms with van der Waals surface area (Å²) in [6.07, 6.45) is 17.2. The lowest BCUT2D eigenvalue weighted by molar-refractivity contribution is -0.919. The highest BCUT2D eigenvalue weighted by atomic mass is 15.3. The van der Waals surface area contributed by atoms with Crippen molar-refractivity contribution in [3.05, 3.63) is 35.9 Å². The Hall–Kier alpha value is -0.820. The molecule has 0 amide bonds. The van der Waals surface area contributed by atoms with Gasteiger partial charge in [-0.05, 0) is 19.8 Å². The van der Waals surface area contributed by atoms with E-state index in [1.807, 2.05) is 0 Å². The Labute approximate surface area is 158 Å². The Morgan fingerprint density at radius 3 is 1.60 bits per heavy atom. The molecule has 0 saturated heterocycles. The van der Waals surface area contributed by atoms with Crippen LogP contribution in [0.4, 0.5) is 0 Å². The average molecular weight is 347 g/mol. The van der Waals surface area contributed by atoms with Gasteiger partial charge in [-0.3, -0.25) is 0 Å². The predicted octanol–water partition coefficient (Wildman–Crippen LogP) is 7.53. The second kappa shape index (κ2) is 13.4. The van der Waals surface area contributed by atoms with Crippen molar-refractivity contribution < 1.29 is 4.48 Å². The van der Waals surface area contributed by atoms with Crippen LogP contribution in [0.5, 0.6) is 0 Å². The summed E-state index contributed by atoms with van der Waals surface area (Å²) in [5.74, 6) is 0. The van der Waals surface area contributed by atoms with Gasteiger partial charge in [0.05, 0.1) is 20.6 Å². The lowest BCUT2D eigenvalue weighted by Crippen LogP contribution is -2.42. The zero-order chi connectivity index (χ0) is 18.4. The standard InChI is InChI=1S/C24H44N/c1-5-6-7-8-9-10-11-12-13-14-15-19-22-25(3,4)23(2)24-20-17-16-18-21-24/h16-18,20-21,23H,5-15,19,22H2,1-4H3/q+1. The molecule has 0 radical (unpaired) electrons. The van der Waals surface area contributed by atoms with Crippen molar-refractivity contribution in [3.8, 4) is 0 Å². The number of benzene rings is 1. The van der Waals surface area contributed by atoms with E-state index in [0.717, 1.165) is 4.48 Å². The molecule has 144 valence electrons. The Morgan fingerprint density at radius 1 is 0.680 bits per heavy atom. The fraction of sp³-hybridized carbons (Fsp3) is 0.750. The zero-order valence-electron chi connectivity index (χ0n) is 17.6. The van der Waals surface area contributed by atoms with Crippen LogP contribution in [0.25, 0.3) is 0 Å². The van der Waals surface area contributed by atoms with E-state index in [2.05, 4.69) is 58.3 Å². The van der Waals surface area contributed by atoms with Crippen molar-refractivity contribution >= 4 is 0 Å². The van der Waals surface area contributed by atoms with Crippen LogP contribution in [0, 0.1) is 0 Å². The van der Waals surface area contributed by atoms with Gasteiger partial charge in [-0.15, -0.1) is 0 Å². The fourth-order valence-corrected chi connectivity index (χ4v) is 3.69. The van der Waals surface area contributed by atoms with Gasteiger partial charge in [0.1, 0.15) is 6.04 Å². The topological polar surface area (TPSA) is 0 Å². The van der Waals surface area contributed by atoms with Crippen molar-refractivity contribution in [1.82, 2.24) is 0 Å². The van der Waals surface area contributed by atoms with E-state index in [1.54, 1.807) is 0 Å². The van der Waals surface area contributed by atoms with Crippen LogP contribution < -0.4 is 0 Å². The van der Waals surface area contributed by atoms with E-state index in [-0.39, 0.29) is 0 Å². The Bertz CT molecular complexity index is 409. The highest BCUT2D eigenvalue weighted by Crippen LogP contribution is 2.25. The summed E-state index contributed by atoms with van der Waals surface area (Å²) < 4.78 is 1.10.